The second kappa shape index (κ2) is 8.31. The lowest BCUT2D eigenvalue weighted by Gasteiger charge is -2.21. The normalized spacial score (nSPS) is 14.6. The molecule has 0 radical (unpaired) electrons. The third-order valence-corrected chi connectivity index (χ3v) is 3.45. The number of carbonyl (C=O) groups is 1. The summed E-state index contributed by atoms with van der Waals surface area (Å²) >= 11 is 0. The zero-order valence-corrected chi connectivity index (χ0v) is 13.4. The van der Waals surface area contributed by atoms with Gasteiger partial charge in [-0.25, -0.2) is 0 Å². The molecule has 2 N–H and O–H groups in total. The molecule has 0 heterocycles. The number of hydrogen-bond donors (Lipinski definition) is 2. The fraction of sp³-hybridized carbons (Fsp3) is 0.562. The fourth-order valence-corrected chi connectivity index (χ4v) is 2.00. The maximum atomic E-state index is 12.8. The van der Waals surface area contributed by atoms with Gasteiger partial charge >= 0.3 is 6.18 Å². The van der Waals surface area contributed by atoms with Crippen LogP contribution in [0, 0.1) is 5.92 Å². The van der Waals surface area contributed by atoms with Crippen molar-refractivity contribution in [3.63, 3.8) is 0 Å². The molecule has 1 amide bonds. The molecule has 0 spiro atoms. The predicted molar refractivity (Wildman–Crippen MR) is 79.7 cm³/mol. The van der Waals surface area contributed by atoms with Crippen molar-refractivity contribution >= 4 is 5.91 Å². The van der Waals surface area contributed by atoms with E-state index >= 15 is 0 Å². The molecule has 0 aromatic heterocycles. The van der Waals surface area contributed by atoms with Gasteiger partial charge in [0.15, 0.2) is 0 Å². The van der Waals surface area contributed by atoms with Crippen molar-refractivity contribution < 1.29 is 27.8 Å². The number of amides is 1. The summed E-state index contributed by atoms with van der Waals surface area (Å²) < 4.78 is 43.3. The van der Waals surface area contributed by atoms with Crippen molar-refractivity contribution in [1.82, 2.24) is 5.32 Å². The Morgan fingerprint density at radius 2 is 2.00 bits per heavy atom. The Kier molecular flexibility index (Phi) is 7.02. The molecule has 1 rings (SSSR count). The van der Waals surface area contributed by atoms with Crippen LogP contribution < -0.4 is 5.32 Å². The summed E-state index contributed by atoms with van der Waals surface area (Å²) in [6.07, 6.45) is -5.37. The minimum absolute atomic E-state index is 0.0326. The Hall–Kier alpha value is -1.60. The molecular formula is C16H22F3NO3. The largest absolute Gasteiger partial charge is 0.416 e. The van der Waals surface area contributed by atoms with Crippen molar-refractivity contribution in [2.24, 2.45) is 5.92 Å². The molecule has 0 aliphatic carbocycles. The van der Waals surface area contributed by atoms with E-state index in [1.807, 2.05) is 0 Å². The Balaban J connectivity index is 2.88. The molecule has 0 aliphatic rings. The second-order valence-electron chi connectivity index (χ2n) is 5.71. The van der Waals surface area contributed by atoms with Gasteiger partial charge < -0.3 is 15.2 Å². The first-order valence-corrected chi connectivity index (χ1v) is 7.28. The summed E-state index contributed by atoms with van der Waals surface area (Å²) in [5, 5.41) is 12.3. The first-order valence-electron chi connectivity index (χ1n) is 7.28. The predicted octanol–water partition coefficient (Wildman–Crippen LogP) is 2.92. The number of methoxy groups -OCH3 is 1. The highest BCUT2D eigenvalue weighted by atomic mass is 19.4. The number of hydrogen-bond acceptors (Lipinski definition) is 3. The molecule has 0 aliphatic heterocycles. The number of benzene rings is 1. The number of alkyl halides is 3. The zero-order valence-electron chi connectivity index (χ0n) is 13.4. The molecule has 0 bridgehead atoms. The third-order valence-electron chi connectivity index (χ3n) is 3.45. The average Bonchev–Trinajstić information content (AvgIpc) is 2.45. The van der Waals surface area contributed by atoms with E-state index in [2.05, 4.69) is 5.32 Å². The quantitative estimate of drug-likeness (QED) is 0.807. The molecule has 0 saturated heterocycles. The van der Waals surface area contributed by atoms with Gasteiger partial charge in [0.05, 0.1) is 30.7 Å². The van der Waals surface area contributed by atoms with E-state index < -0.39 is 29.8 Å². The molecular weight excluding hydrogens is 311 g/mol. The van der Waals surface area contributed by atoms with Crippen LogP contribution in [-0.2, 0) is 15.7 Å². The van der Waals surface area contributed by atoms with E-state index in [9.17, 15) is 23.1 Å². The molecule has 7 heteroatoms. The topological polar surface area (TPSA) is 58.6 Å². The minimum atomic E-state index is -4.45. The van der Waals surface area contributed by atoms with E-state index in [0.717, 1.165) is 12.1 Å². The SMILES string of the molecule is COCC(NC(=O)CC(O)C(C)C)c1cccc(C(F)(F)F)c1. The van der Waals surface area contributed by atoms with E-state index in [4.69, 9.17) is 4.74 Å². The Morgan fingerprint density at radius 3 is 2.52 bits per heavy atom. The van der Waals surface area contributed by atoms with Gasteiger partial charge in [0, 0.05) is 7.11 Å². The highest BCUT2D eigenvalue weighted by Crippen LogP contribution is 2.30. The average molecular weight is 333 g/mol. The van der Waals surface area contributed by atoms with Gasteiger partial charge in [-0.3, -0.25) is 4.79 Å². The van der Waals surface area contributed by atoms with Crippen LogP contribution in [-0.4, -0.2) is 30.8 Å². The Bertz CT molecular complexity index is 518. The van der Waals surface area contributed by atoms with Crippen LogP contribution in [0.2, 0.25) is 0 Å². The van der Waals surface area contributed by atoms with Crippen molar-refractivity contribution in [2.75, 3.05) is 13.7 Å². The molecule has 0 fully saturated rings. The molecule has 130 valence electrons. The lowest BCUT2D eigenvalue weighted by molar-refractivity contribution is -0.137. The highest BCUT2D eigenvalue weighted by molar-refractivity contribution is 5.77. The highest BCUT2D eigenvalue weighted by Gasteiger charge is 2.31. The molecule has 1 aromatic carbocycles. The number of carbonyl (C=O) groups excluding carboxylic acids is 1. The van der Waals surface area contributed by atoms with Crippen molar-refractivity contribution in [2.45, 2.75) is 38.6 Å². The van der Waals surface area contributed by atoms with E-state index in [1.54, 1.807) is 13.8 Å². The Morgan fingerprint density at radius 1 is 1.35 bits per heavy atom. The van der Waals surface area contributed by atoms with Gasteiger partial charge in [0.1, 0.15) is 0 Å². The number of nitrogens with one attached hydrogen (secondary N) is 1. The number of aliphatic hydroxyl groups is 1. The van der Waals surface area contributed by atoms with Crippen LogP contribution in [0.4, 0.5) is 13.2 Å². The maximum absolute atomic E-state index is 12.8. The first-order chi connectivity index (χ1) is 10.6. The van der Waals surface area contributed by atoms with Crippen LogP contribution in [0.1, 0.15) is 37.4 Å². The third kappa shape index (κ3) is 6.19. The number of halogens is 3. The van der Waals surface area contributed by atoms with Gasteiger partial charge in [0.25, 0.3) is 0 Å². The van der Waals surface area contributed by atoms with Crippen molar-refractivity contribution in [3.05, 3.63) is 35.4 Å². The number of ether oxygens (including phenoxy) is 1. The standard InChI is InChI=1S/C16H22F3NO3/c1-10(2)14(21)8-15(22)20-13(9-23-3)11-5-4-6-12(7-11)16(17,18)19/h4-7,10,13-14,21H,8-9H2,1-3H3,(H,20,22). The maximum Gasteiger partial charge on any atom is 0.416 e. The van der Waals surface area contributed by atoms with E-state index in [-0.39, 0.29) is 18.9 Å². The minimum Gasteiger partial charge on any atom is -0.392 e. The molecule has 2 unspecified atom stereocenters. The van der Waals surface area contributed by atoms with Crippen LogP contribution in [0.15, 0.2) is 24.3 Å². The number of aliphatic hydroxyl groups excluding tert-OH is 1. The summed E-state index contributed by atoms with van der Waals surface area (Å²) in [5.41, 5.74) is -0.485. The van der Waals surface area contributed by atoms with Crippen LogP contribution in [0.3, 0.4) is 0 Å². The summed E-state index contributed by atoms with van der Waals surface area (Å²) in [7, 11) is 1.40. The lowest BCUT2D eigenvalue weighted by Crippen LogP contribution is -2.34. The Labute approximate surface area is 133 Å². The monoisotopic (exact) mass is 333 g/mol. The van der Waals surface area contributed by atoms with Gasteiger partial charge in [-0.2, -0.15) is 13.2 Å². The molecule has 23 heavy (non-hydrogen) atoms. The number of rotatable bonds is 7. The van der Waals surface area contributed by atoms with Gasteiger partial charge in [0.2, 0.25) is 5.91 Å². The molecule has 2 atom stereocenters. The molecule has 0 saturated carbocycles. The summed E-state index contributed by atoms with van der Waals surface area (Å²) in [6.45, 7) is 3.58. The fourth-order valence-electron chi connectivity index (χ4n) is 2.00. The van der Waals surface area contributed by atoms with E-state index in [0.29, 0.717) is 5.56 Å². The summed E-state index contributed by atoms with van der Waals surface area (Å²) in [5.74, 6) is -0.527. The van der Waals surface area contributed by atoms with Crippen molar-refractivity contribution in [3.8, 4) is 0 Å². The van der Waals surface area contributed by atoms with Gasteiger partial charge in [-0.05, 0) is 23.6 Å². The summed E-state index contributed by atoms with van der Waals surface area (Å²) in [6, 6.07) is 4.03. The first kappa shape index (κ1) is 19.4. The van der Waals surface area contributed by atoms with Gasteiger partial charge in [-0.15, -0.1) is 0 Å². The van der Waals surface area contributed by atoms with E-state index in [1.165, 1.54) is 19.2 Å². The van der Waals surface area contributed by atoms with Crippen LogP contribution in [0.5, 0.6) is 0 Å². The molecule has 1 aromatic rings. The second-order valence-corrected chi connectivity index (χ2v) is 5.71. The molecule has 4 nitrogen and oxygen atoms in total. The summed E-state index contributed by atoms with van der Waals surface area (Å²) in [4.78, 5) is 11.9. The lowest BCUT2D eigenvalue weighted by atomic mass is 10.0. The van der Waals surface area contributed by atoms with Gasteiger partial charge in [-0.1, -0.05) is 26.0 Å². The zero-order chi connectivity index (χ0) is 17.6. The van der Waals surface area contributed by atoms with Crippen molar-refractivity contribution in [1.29, 1.82) is 0 Å². The smallest absolute Gasteiger partial charge is 0.392 e. The van der Waals surface area contributed by atoms with Crippen LogP contribution in [0.25, 0.3) is 0 Å². The van der Waals surface area contributed by atoms with Crippen LogP contribution >= 0.6 is 0 Å².